The Morgan fingerprint density at radius 2 is 2.26 bits per heavy atom. The van der Waals surface area contributed by atoms with E-state index < -0.39 is 0 Å². The van der Waals surface area contributed by atoms with Gasteiger partial charge in [0.2, 0.25) is 0 Å². The van der Waals surface area contributed by atoms with Gasteiger partial charge in [0, 0.05) is 23.1 Å². The van der Waals surface area contributed by atoms with Crippen molar-refractivity contribution >= 4 is 17.7 Å². The number of likely N-dealkylation sites (tertiary alicyclic amines) is 1. The summed E-state index contributed by atoms with van der Waals surface area (Å²) in [4.78, 5) is 14.5. The molecule has 1 aromatic rings. The van der Waals surface area contributed by atoms with Crippen molar-refractivity contribution in [3.8, 4) is 0 Å². The van der Waals surface area contributed by atoms with E-state index in [1.807, 2.05) is 16.7 Å². The molecule has 2 rings (SSSR count). The Morgan fingerprint density at radius 1 is 1.47 bits per heavy atom. The molecule has 0 unspecified atom stereocenters. The summed E-state index contributed by atoms with van der Waals surface area (Å²) in [6.07, 6.45) is 6.57. The Labute approximate surface area is 119 Å². The van der Waals surface area contributed by atoms with Gasteiger partial charge in [-0.3, -0.25) is 4.79 Å². The highest BCUT2D eigenvalue weighted by Gasteiger charge is 2.29. The van der Waals surface area contributed by atoms with Crippen molar-refractivity contribution in [2.45, 2.75) is 50.8 Å². The van der Waals surface area contributed by atoms with Crippen LogP contribution in [0.4, 0.5) is 0 Å². The van der Waals surface area contributed by atoms with Gasteiger partial charge in [-0.1, -0.05) is 20.8 Å². The second-order valence-corrected chi connectivity index (χ2v) is 7.93. The first-order valence-corrected chi connectivity index (χ1v) is 7.93. The Kier molecular flexibility index (Phi) is 4.61. The third-order valence-corrected chi connectivity index (χ3v) is 4.78. The molecule has 0 bridgehead atoms. The van der Waals surface area contributed by atoms with E-state index in [-0.39, 0.29) is 10.7 Å². The third-order valence-electron chi connectivity index (χ3n) is 3.36. The van der Waals surface area contributed by atoms with Gasteiger partial charge in [0.1, 0.15) is 6.26 Å². The second kappa shape index (κ2) is 6.04. The van der Waals surface area contributed by atoms with Crippen molar-refractivity contribution in [3.63, 3.8) is 0 Å². The molecule has 19 heavy (non-hydrogen) atoms. The second-order valence-electron chi connectivity index (χ2n) is 6.08. The number of thioether (sulfide) groups is 1. The molecule has 3 nitrogen and oxygen atoms in total. The van der Waals surface area contributed by atoms with Crippen molar-refractivity contribution < 1.29 is 9.21 Å². The van der Waals surface area contributed by atoms with Gasteiger partial charge in [0.15, 0.2) is 0 Å². The van der Waals surface area contributed by atoms with Gasteiger partial charge in [-0.2, -0.15) is 11.8 Å². The van der Waals surface area contributed by atoms with Crippen LogP contribution >= 0.6 is 11.8 Å². The molecule has 1 fully saturated rings. The molecule has 2 heterocycles. The zero-order valence-electron chi connectivity index (χ0n) is 12.0. The van der Waals surface area contributed by atoms with Crippen molar-refractivity contribution in [3.05, 3.63) is 24.2 Å². The quantitative estimate of drug-likeness (QED) is 0.845. The molecule has 0 N–H and O–H groups in total. The molecule has 0 spiro atoms. The van der Waals surface area contributed by atoms with Crippen molar-refractivity contribution in [1.29, 1.82) is 0 Å². The van der Waals surface area contributed by atoms with Crippen LogP contribution in [0.3, 0.4) is 0 Å². The van der Waals surface area contributed by atoms with E-state index in [1.165, 1.54) is 6.42 Å². The van der Waals surface area contributed by atoms with E-state index in [2.05, 4.69) is 20.8 Å². The number of amides is 1. The molecule has 1 amide bonds. The van der Waals surface area contributed by atoms with Gasteiger partial charge in [0.05, 0.1) is 11.8 Å². The van der Waals surface area contributed by atoms with E-state index in [0.717, 1.165) is 25.1 Å². The molecule has 1 aromatic heterocycles. The minimum atomic E-state index is 0.118. The summed E-state index contributed by atoms with van der Waals surface area (Å²) in [5.41, 5.74) is 0.674. The lowest BCUT2D eigenvalue weighted by Crippen LogP contribution is -2.45. The van der Waals surface area contributed by atoms with E-state index in [9.17, 15) is 4.79 Å². The van der Waals surface area contributed by atoms with Gasteiger partial charge in [-0.15, -0.1) is 0 Å². The van der Waals surface area contributed by atoms with Crippen LogP contribution in [-0.4, -0.2) is 33.9 Å². The minimum absolute atomic E-state index is 0.118. The molecule has 1 saturated heterocycles. The predicted octanol–water partition coefficient (Wildman–Crippen LogP) is 3.81. The topological polar surface area (TPSA) is 33.5 Å². The van der Waals surface area contributed by atoms with Crippen LogP contribution in [0, 0.1) is 0 Å². The Hall–Kier alpha value is -0.900. The lowest BCUT2D eigenvalue weighted by molar-refractivity contribution is 0.0639. The average Bonchev–Trinajstić information content (AvgIpc) is 2.89. The first-order chi connectivity index (χ1) is 8.97. The largest absolute Gasteiger partial charge is 0.472 e. The summed E-state index contributed by atoms with van der Waals surface area (Å²) in [7, 11) is 0. The van der Waals surface area contributed by atoms with Crippen LogP contribution in [0.15, 0.2) is 23.0 Å². The summed E-state index contributed by atoms with van der Waals surface area (Å²) >= 11 is 1.94. The molecular formula is C15H23NO2S. The van der Waals surface area contributed by atoms with Crippen LogP contribution in [0.5, 0.6) is 0 Å². The molecule has 106 valence electrons. The standard InChI is InChI=1S/C15H23NO2S/c1-15(2,3)19-11-13-6-4-5-8-16(13)14(17)12-7-9-18-10-12/h7,9-10,13H,4-6,8,11H2,1-3H3/t13-/m0/s1. The normalized spacial score (nSPS) is 20.6. The van der Waals surface area contributed by atoms with E-state index in [4.69, 9.17) is 4.42 Å². The maximum Gasteiger partial charge on any atom is 0.257 e. The summed E-state index contributed by atoms with van der Waals surface area (Å²) in [6, 6.07) is 2.12. The molecular weight excluding hydrogens is 258 g/mol. The summed E-state index contributed by atoms with van der Waals surface area (Å²) in [6.45, 7) is 7.55. The molecule has 0 aromatic carbocycles. The fourth-order valence-corrected chi connectivity index (χ4v) is 3.38. The van der Waals surface area contributed by atoms with E-state index >= 15 is 0 Å². The SMILES string of the molecule is CC(C)(C)SC[C@@H]1CCCCN1C(=O)c1ccoc1. The van der Waals surface area contributed by atoms with Crippen molar-refractivity contribution in [1.82, 2.24) is 4.90 Å². The number of piperidine rings is 1. The zero-order chi connectivity index (χ0) is 13.9. The number of hydrogen-bond acceptors (Lipinski definition) is 3. The molecule has 4 heteroatoms. The van der Waals surface area contributed by atoms with Gasteiger partial charge < -0.3 is 9.32 Å². The fraction of sp³-hybridized carbons (Fsp3) is 0.667. The minimum Gasteiger partial charge on any atom is -0.472 e. The molecule has 1 atom stereocenters. The number of carbonyl (C=O) groups excluding carboxylic acids is 1. The fourth-order valence-electron chi connectivity index (χ4n) is 2.34. The smallest absolute Gasteiger partial charge is 0.257 e. The molecule has 1 aliphatic rings. The highest BCUT2D eigenvalue weighted by atomic mass is 32.2. The molecule has 0 radical (unpaired) electrons. The number of furan rings is 1. The Bertz CT molecular complexity index is 408. The number of nitrogens with zero attached hydrogens (tertiary/aromatic N) is 1. The highest BCUT2D eigenvalue weighted by Crippen LogP contribution is 2.29. The molecule has 1 aliphatic heterocycles. The van der Waals surface area contributed by atoms with Crippen LogP contribution in [-0.2, 0) is 0 Å². The maximum absolute atomic E-state index is 12.5. The molecule has 0 aliphatic carbocycles. The van der Waals surface area contributed by atoms with E-state index in [1.54, 1.807) is 18.6 Å². The maximum atomic E-state index is 12.5. The monoisotopic (exact) mass is 281 g/mol. The highest BCUT2D eigenvalue weighted by molar-refractivity contribution is 8.00. The third kappa shape index (κ3) is 4.03. The van der Waals surface area contributed by atoms with Crippen molar-refractivity contribution in [2.24, 2.45) is 0 Å². The summed E-state index contributed by atoms with van der Waals surface area (Å²) < 4.78 is 5.28. The van der Waals surface area contributed by atoms with Gasteiger partial charge in [0.25, 0.3) is 5.91 Å². The summed E-state index contributed by atoms with van der Waals surface area (Å²) in [5.74, 6) is 1.14. The Balaban J connectivity index is 2.01. The zero-order valence-corrected chi connectivity index (χ0v) is 12.8. The number of carbonyl (C=O) groups is 1. The van der Waals surface area contributed by atoms with E-state index in [0.29, 0.717) is 11.6 Å². The van der Waals surface area contributed by atoms with Crippen LogP contribution in [0.1, 0.15) is 50.4 Å². The lowest BCUT2D eigenvalue weighted by atomic mass is 10.0. The van der Waals surface area contributed by atoms with Crippen molar-refractivity contribution in [2.75, 3.05) is 12.3 Å². The average molecular weight is 281 g/mol. The Morgan fingerprint density at radius 3 is 2.89 bits per heavy atom. The first-order valence-electron chi connectivity index (χ1n) is 6.94. The number of rotatable bonds is 3. The predicted molar refractivity (Wildman–Crippen MR) is 79.6 cm³/mol. The van der Waals surface area contributed by atoms with Crippen LogP contribution in [0.25, 0.3) is 0 Å². The van der Waals surface area contributed by atoms with Gasteiger partial charge in [-0.25, -0.2) is 0 Å². The van der Waals surface area contributed by atoms with Crippen LogP contribution in [0.2, 0.25) is 0 Å². The molecule has 0 saturated carbocycles. The number of hydrogen-bond donors (Lipinski definition) is 0. The van der Waals surface area contributed by atoms with Gasteiger partial charge in [-0.05, 0) is 25.3 Å². The summed E-state index contributed by atoms with van der Waals surface area (Å²) in [5, 5.41) is 0. The van der Waals surface area contributed by atoms with Crippen LogP contribution < -0.4 is 0 Å². The lowest BCUT2D eigenvalue weighted by Gasteiger charge is -2.36. The first kappa shape index (κ1) is 14.5. The van der Waals surface area contributed by atoms with Gasteiger partial charge >= 0.3 is 0 Å².